The average Bonchev–Trinajstić information content (AvgIpc) is 2.04. The number of hydrogen-bond donors (Lipinski definition) is 3. The molecule has 0 aliphatic rings. The number of nitrogens with two attached hydrogens (primary N) is 1. The van der Waals surface area contributed by atoms with Crippen LogP contribution in [-0.4, -0.2) is 22.9 Å². The first-order chi connectivity index (χ1) is 5.65. The number of hydrogen-bond acceptors (Lipinski definition) is 4. The molecule has 0 saturated carbocycles. The van der Waals surface area contributed by atoms with Gasteiger partial charge in [-0.25, -0.2) is 4.98 Å². The van der Waals surface area contributed by atoms with Crippen molar-refractivity contribution in [2.45, 2.75) is 0 Å². The van der Waals surface area contributed by atoms with Crippen LogP contribution in [0.5, 0.6) is 0 Å². The van der Waals surface area contributed by atoms with Crippen molar-refractivity contribution in [3.63, 3.8) is 0 Å². The summed E-state index contributed by atoms with van der Waals surface area (Å²) in [6.07, 6.45) is 1.07. The van der Waals surface area contributed by atoms with Crippen LogP contribution in [0.2, 0.25) is 0 Å². The zero-order valence-corrected chi connectivity index (χ0v) is 6.42. The van der Waals surface area contributed by atoms with Gasteiger partial charge in [0.05, 0.1) is 6.20 Å². The normalized spacial score (nSPS) is 9.42. The Balaban J connectivity index is 3.31. The third kappa shape index (κ3) is 1.42. The summed E-state index contributed by atoms with van der Waals surface area (Å²) >= 11 is 0. The maximum atomic E-state index is 10.7. The fourth-order valence-electron chi connectivity index (χ4n) is 0.770. The van der Waals surface area contributed by atoms with Crippen molar-refractivity contribution >= 4 is 11.7 Å². The molecule has 1 heterocycles. The molecule has 6 nitrogen and oxygen atoms in total. The van der Waals surface area contributed by atoms with Gasteiger partial charge in [0.2, 0.25) is 0 Å². The first-order valence-corrected chi connectivity index (χ1v) is 3.22. The van der Waals surface area contributed by atoms with Gasteiger partial charge in [-0.3, -0.25) is 9.59 Å². The summed E-state index contributed by atoms with van der Waals surface area (Å²) in [5.74, 6) is -0.452. The van der Waals surface area contributed by atoms with Crippen molar-refractivity contribution < 1.29 is 4.79 Å². The largest absolute Gasteiger partial charge is 0.371 e. The van der Waals surface area contributed by atoms with Crippen LogP contribution in [0.1, 0.15) is 10.5 Å². The van der Waals surface area contributed by atoms with Gasteiger partial charge in [0, 0.05) is 7.05 Å². The van der Waals surface area contributed by atoms with E-state index < -0.39 is 11.5 Å². The number of rotatable bonds is 2. The summed E-state index contributed by atoms with van der Waals surface area (Å²) < 4.78 is 0. The lowest BCUT2D eigenvalue weighted by atomic mass is 10.4. The highest BCUT2D eigenvalue weighted by atomic mass is 16.1. The molecule has 0 spiro atoms. The van der Waals surface area contributed by atoms with E-state index in [2.05, 4.69) is 15.3 Å². The molecule has 12 heavy (non-hydrogen) atoms. The topological polar surface area (TPSA) is 101 Å². The van der Waals surface area contributed by atoms with Gasteiger partial charge in [-0.1, -0.05) is 0 Å². The number of amides is 1. The molecule has 0 aliphatic heterocycles. The van der Waals surface area contributed by atoms with Crippen LogP contribution in [0, 0.1) is 0 Å². The van der Waals surface area contributed by atoms with Crippen LogP contribution in [0.3, 0.4) is 0 Å². The lowest BCUT2D eigenvalue weighted by Crippen LogP contribution is -2.21. The van der Waals surface area contributed by atoms with Crippen LogP contribution in [-0.2, 0) is 0 Å². The van der Waals surface area contributed by atoms with Gasteiger partial charge < -0.3 is 16.0 Å². The third-order valence-corrected chi connectivity index (χ3v) is 1.28. The summed E-state index contributed by atoms with van der Waals surface area (Å²) in [7, 11) is 1.58. The Morgan fingerprint density at radius 3 is 2.92 bits per heavy atom. The SMILES string of the molecule is CNc1ncc(=O)[nH]c1C(N)=O. The molecule has 64 valence electrons. The molecule has 6 heteroatoms. The molecule has 0 saturated heterocycles. The average molecular weight is 168 g/mol. The monoisotopic (exact) mass is 168 g/mol. The minimum Gasteiger partial charge on any atom is -0.371 e. The molecular formula is C6H8N4O2. The van der Waals surface area contributed by atoms with E-state index >= 15 is 0 Å². The van der Waals surface area contributed by atoms with Crippen molar-refractivity contribution in [2.75, 3.05) is 12.4 Å². The Labute approximate surface area is 67.8 Å². The second-order valence-electron chi connectivity index (χ2n) is 2.09. The van der Waals surface area contributed by atoms with Crippen molar-refractivity contribution in [3.8, 4) is 0 Å². The lowest BCUT2D eigenvalue weighted by molar-refractivity contribution is 0.0996. The van der Waals surface area contributed by atoms with Crippen LogP contribution < -0.4 is 16.6 Å². The van der Waals surface area contributed by atoms with Gasteiger partial charge in [-0.05, 0) is 0 Å². The summed E-state index contributed by atoms with van der Waals surface area (Å²) in [5, 5.41) is 2.62. The fraction of sp³-hybridized carbons (Fsp3) is 0.167. The van der Waals surface area contributed by atoms with E-state index in [9.17, 15) is 9.59 Å². The number of nitrogens with one attached hydrogen (secondary N) is 2. The molecule has 1 aromatic heterocycles. The van der Waals surface area contributed by atoms with Crippen molar-refractivity contribution in [2.24, 2.45) is 5.73 Å². The predicted molar refractivity (Wildman–Crippen MR) is 42.9 cm³/mol. The molecule has 0 radical (unpaired) electrons. The van der Waals surface area contributed by atoms with Crippen LogP contribution in [0.4, 0.5) is 5.82 Å². The molecule has 0 aromatic carbocycles. The van der Waals surface area contributed by atoms with Gasteiger partial charge >= 0.3 is 0 Å². The number of aromatic amines is 1. The van der Waals surface area contributed by atoms with Crippen LogP contribution in [0.25, 0.3) is 0 Å². The maximum Gasteiger partial charge on any atom is 0.269 e. The minimum atomic E-state index is -0.718. The van der Waals surface area contributed by atoms with Crippen molar-refractivity contribution in [3.05, 3.63) is 22.2 Å². The molecule has 0 aliphatic carbocycles. The molecule has 0 atom stereocenters. The Morgan fingerprint density at radius 1 is 1.75 bits per heavy atom. The van der Waals surface area contributed by atoms with Crippen LogP contribution in [0.15, 0.2) is 11.0 Å². The van der Waals surface area contributed by atoms with Gasteiger partial charge in [0.15, 0.2) is 5.82 Å². The molecule has 0 unspecified atom stereocenters. The van der Waals surface area contributed by atoms with Crippen molar-refractivity contribution in [1.29, 1.82) is 0 Å². The highest BCUT2D eigenvalue weighted by Crippen LogP contribution is 2.02. The fourth-order valence-corrected chi connectivity index (χ4v) is 0.770. The zero-order valence-electron chi connectivity index (χ0n) is 6.42. The van der Waals surface area contributed by atoms with E-state index in [-0.39, 0.29) is 11.5 Å². The zero-order chi connectivity index (χ0) is 9.14. The van der Waals surface area contributed by atoms with Gasteiger partial charge in [-0.15, -0.1) is 0 Å². The van der Waals surface area contributed by atoms with E-state index in [1.807, 2.05) is 0 Å². The predicted octanol–water partition coefficient (Wildman–Crippen LogP) is -1.09. The van der Waals surface area contributed by atoms with Gasteiger partial charge in [-0.2, -0.15) is 0 Å². The Bertz CT molecular complexity index is 357. The molecule has 1 amide bonds. The number of carbonyl (C=O) groups is 1. The number of primary amides is 1. The number of carbonyl (C=O) groups excluding carboxylic acids is 1. The molecule has 1 aromatic rings. The first kappa shape index (κ1) is 8.25. The maximum absolute atomic E-state index is 10.7. The summed E-state index contributed by atoms with van der Waals surface area (Å²) in [4.78, 5) is 27.3. The standard InChI is InChI=1S/C6H8N4O2/c1-8-6-4(5(7)12)10-3(11)2-9-6/h2H,1H3,(H2,7,12)(H,8,9)(H,10,11). The quantitative estimate of drug-likeness (QED) is 0.522. The van der Waals surface area contributed by atoms with Gasteiger partial charge in [0.1, 0.15) is 5.69 Å². The summed E-state index contributed by atoms with van der Waals surface area (Å²) in [5.41, 5.74) is 4.50. The second-order valence-corrected chi connectivity index (χ2v) is 2.09. The Kier molecular flexibility index (Phi) is 2.09. The number of aromatic nitrogens is 2. The number of H-pyrrole nitrogens is 1. The lowest BCUT2D eigenvalue weighted by Gasteiger charge is -2.01. The highest BCUT2D eigenvalue weighted by molar-refractivity contribution is 5.95. The third-order valence-electron chi connectivity index (χ3n) is 1.28. The van der Waals surface area contributed by atoms with Gasteiger partial charge in [0.25, 0.3) is 11.5 Å². The molecule has 4 N–H and O–H groups in total. The molecular weight excluding hydrogens is 160 g/mol. The highest BCUT2D eigenvalue weighted by Gasteiger charge is 2.08. The Morgan fingerprint density at radius 2 is 2.42 bits per heavy atom. The molecule has 0 fully saturated rings. The van der Waals surface area contributed by atoms with E-state index in [1.54, 1.807) is 7.05 Å². The smallest absolute Gasteiger partial charge is 0.269 e. The summed E-state index contributed by atoms with van der Waals surface area (Å²) in [6.45, 7) is 0. The van der Waals surface area contributed by atoms with Crippen LogP contribution >= 0.6 is 0 Å². The van der Waals surface area contributed by atoms with E-state index in [1.165, 1.54) is 0 Å². The number of nitrogens with zero attached hydrogens (tertiary/aromatic N) is 1. The molecule has 1 rings (SSSR count). The van der Waals surface area contributed by atoms with E-state index in [4.69, 9.17) is 5.73 Å². The minimum absolute atomic E-state index is 0.00926. The second kappa shape index (κ2) is 3.04. The Hall–Kier alpha value is -1.85. The molecule has 0 bridgehead atoms. The van der Waals surface area contributed by atoms with Crippen molar-refractivity contribution in [1.82, 2.24) is 9.97 Å². The van der Waals surface area contributed by atoms with E-state index in [0.29, 0.717) is 0 Å². The first-order valence-electron chi connectivity index (χ1n) is 3.22. The summed E-state index contributed by atoms with van der Waals surface area (Å²) in [6, 6.07) is 0. The number of anilines is 1. The van der Waals surface area contributed by atoms with E-state index in [0.717, 1.165) is 6.20 Å².